The third-order valence-electron chi connectivity index (χ3n) is 1.32. The van der Waals surface area contributed by atoms with Gasteiger partial charge in [0, 0.05) is 26.4 Å². The molecular formula is C9H26O4Si2. The van der Waals surface area contributed by atoms with Gasteiger partial charge < -0.3 is 17.7 Å². The summed E-state index contributed by atoms with van der Waals surface area (Å²) in [4.78, 5) is 0. The van der Waals surface area contributed by atoms with E-state index in [1.54, 1.807) is 0 Å². The van der Waals surface area contributed by atoms with Gasteiger partial charge in [-0.2, -0.15) is 0 Å². The highest BCUT2D eigenvalue weighted by Gasteiger charge is 2.11. The van der Waals surface area contributed by atoms with Gasteiger partial charge in [-0.1, -0.05) is 6.55 Å². The van der Waals surface area contributed by atoms with Crippen molar-refractivity contribution in [3.8, 4) is 0 Å². The molecule has 0 radical (unpaired) electrons. The molecule has 0 aliphatic heterocycles. The first-order valence-electron chi connectivity index (χ1n) is 5.69. The average molecular weight is 254 g/mol. The second-order valence-corrected chi connectivity index (χ2v) is 5.00. The van der Waals surface area contributed by atoms with E-state index in [-0.39, 0.29) is 9.76 Å². The number of hydrogen-bond donors (Lipinski definition) is 0. The predicted octanol–water partition coefficient (Wildman–Crippen LogP) is 0.968. The largest absolute Gasteiger partial charge is 0.484 e. The Hall–Kier alpha value is 0.274. The van der Waals surface area contributed by atoms with Crippen LogP contribution in [-0.4, -0.2) is 45.7 Å². The van der Waals surface area contributed by atoms with E-state index < -0.39 is 9.53 Å². The number of hydrogen-bond acceptors (Lipinski definition) is 4. The summed E-state index contributed by atoms with van der Waals surface area (Å²) < 4.78 is 20.6. The molecule has 0 unspecified atom stereocenters. The third kappa shape index (κ3) is 16.9. The van der Waals surface area contributed by atoms with Crippen molar-refractivity contribution in [2.75, 3.05) is 26.4 Å². The van der Waals surface area contributed by atoms with Crippen LogP contribution >= 0.6 is 0 Å². The van der Waals surface area contributed by atoms with E-state index in [1.807, 2.05) is 27.7 Å². The lowest BCUT2D eigenvalue weighted by molar-refractivity contribution is 0.107. The van der Waals surface area contributed by atoms with Gasteiger partial charge in [0.2, 0.25) is 0 Å². The normalized spacial score (nSPS) is 10.8. The van der Waals surface area contributed by atoms with E-state index in [9.17, 15) is 0 Å². The lowest BCUT2D eigenvalue weighted by Gasteiger charge is -2.12. The summed E-state index contributed by atoms with van der Waals surface area (Å²) in [6, 6.07) is 0. The quantitative estimate of drug-likeness (QED) is 0.605. The van der Waals surface area contributed by atoms with E-state index >= 15 is 0 Å². The summed E-state index contributed by atoms with van der Waals surface area (Å²) in [5.74, 6) is 0. The fourth-order valence-corrected chi connectivity index (χ4v) is 2.27. The highest BCUT2D eigenvalue weighted by atomic mass is 28.3. The smallest absolute Gasteiger partial charge is 0.425 e. The minimum atomic E-state index is -1.73. The molecule has 94 valence electrons. The molecule has 6 heteroatoms. The molecule has 0 saturated heterocycles. The zero-order chi connectivity index (χ0) is 11.9. The molecule has 0 bridgehead atoms. The SMILES string of the molecule is CCO[SiH2]C.CCO[SiH](OCC)OCC. The van der Waals surface area contributed by atoms with Crippen molar-refractivity contribution in [2.45, 2.75) is 34.2 Å². The molecule has 0 aliphatic rings. The monoisotopic (exact) mass is 254 g/mol. The van der Waals surface area contributed by atoms with Gasteiger partial charge in [-0.25, -0.2) is 0 Å². The lowest BCUT2D eigenvalue weighted by Crippen LogP contribution is -2.27. The summed E-state index contributed by atoms with van der Waals surface area (Å²) in [6.07, 6.45) is 0. The van der Waals surface area contributed by atoms with E-state index in [2.05, 4.69) is 6.55 Å². The molecule has 0 amide bonds. The molecule has 0 aromatic carbocycles. The molecule has 0 N–H and O–H groups in total. The van der Waals surface area contributed by atoms with Crippen LogP contribution in [0.15, 0.2) is 0 Å². The third-order valence-corrected chi connectivity index (χ3v) is 3.95. The summed E-state index contributed by atoms with van der Waals surface area (Å²) in [5, 5.41) is 0. The van der Waals surface area contributed by atoms with E-state index in [0.717, 1.165) is 6.61 Å². The van der Waals surface area contributed by atoms with Crippen molar-refractivity contribution >= 4 is 19.3 Å². The van der Waals surface area contributed by atoms with Gasteiger partial charge in [-0.15, -0.1) is 0 Å². The molecule has 0 spiro atoms. The highest BCUT2D eigenvalue weighted by Crippen LogP contribution is 1.91. The van der Waals surface area contributed by atoms with Crippen LogP contribution in [0.25, 0.3) is 0 Å². The zero-order valence-corrected chi connectivity index (χ0v) is 13.3. The Labute approximate surface area is 98.2 Å². The molecule has 15 heavy (non-hydrogen) atoms. The zero-order valence-electron chi connectivity index (χ0n) is 10.7. The molecule has 4 nitrogen and oxygen atoms in total. The van der Waals surface area contributed by atoms with Crippen LogP contribution in [0.5, 0.6) is 0 Å². The van der Waals surface area contributed by atoms with Crippen molar-refractivity contribution in [3.05, 3.63) is 0 Å². The second-order valence-electron chi connectivity index (χ2n) is 2.44. The Morgan fingerprint density at radius 3 is 1.33 bits per heavy atom. The fourth-order valence-electron chi connectivity index (χ4n) is 0.757. The Kier molecular flexibility index (Phi) is 19.7. The van der Waals surface area contributed by atoms with Gasteiger partial charge in [0.25, 0.3) is 0 Å². The van der Waals surface area contributed by atoms with Crippen LogP contribution < -0.4 is 0 Å². The lowest BCUT2D eigenvalue weighted by atomic mass is 10.9. The Morgan fingerprint density at radius 1 is 0.800 bits per heavy atom. The molecular weight excluding hydrogens is 228 g/mol. The maximum atomic E-state index is 5.22. The maximum Gasteiger partial charge on any atom is 0.484 e. The molecule has 0 fully saturated rings. The standard InChI is InChI=1S/C6H16O3Si.C3H10OSi/c1-4-7-10(8-5-2)9-6-3;1-3-4-5-2/h10H,4-6H2,1-3H3;3,5H2,1-2H3. The van der Waals surface area contributed by atoms with Crippen molar-refractivity contribution in [1.82, 2.24) is 0 Å². The molecule has 0 heterocycles. The van der Waals surface area contributed by atoms with Crippen molar-refractivity contribution in [2.24, 2.45) is 0 Å². The first kappa shape index (κ1) is 17.7. The molecule has 0 rings (SSSR count). The summed E-state index contributed by atoms with van der Waals surface area (Å²) in [5.41, 5.74) is 0. The van der Waals surface area contributed by atoms with E-state index in [0.29, 0.717) is 19.8 Å². The van der Waals surface area contributed by atoms with Gasteiger partial charge >= 0.3 is 9.53 Å². The van der Waals surface area contributed by atoms with Crippen LogP contribution in [0.3, 0.4) is 0 Å². The predicted molar refractivity (Wildman–Crippen MR) is 68.1 cm³/mol. The number of rotatable bonds is 8. The summed E-state index contributed by atoms with van der Waals surface area (Å²) >= 11 is 0. The van der Waals surface area contributed by atoms with Crippen LogP contribution in [0.4, 0.5) is 0 Å². The minimum absolute atomic E-state index is 0.0860. The topological polar surface area (TPSA) is 36.9 Å². The molecule has 0 aromatic heterocycles. The van der Waals surface area contributed by atoms with E-state index in [4.69, 9.17) is 17.7 Å². The van der Waals surface area contributed by atoms with Gasteiger partial charge in [-0.05, 0) is 27.7 Å². The van der Waals surface area contributed by atoms with Crippen LogP contribution in [0.1, 0.15) is 27.7 Å². The fraction of sp³-hybridized carbons (Fsp3) is 1.00. The molecule has 0 aliphatic carbocycles. The average Bonchev–Trinajstić information content (AvgIpc) is 2.21. The second kappa shape index (κ2) is 16.7. The van der Waals surface area contributed by atoms with Crippen LogP contribution in [0.2, 0.25) is 6.55 Å². The minimum Gasteiger partial charge on any atom is -0.425 e. The highest BCUT2D eigenvalue weighted by molar-refractivity contribution is 6.36. The Balaban J connectivity index is 0. The van der Waals surface area contributed by atoms with Gasteiger partial charge in [0.05, 0.1) is 0 Å². The van der Waals surface area contributed by atoms with Gasteiger partial charge in [0.1, 0.15) is 0 Å². The van der Waals surface area contributed by atoms with Crippen molar-refractivity contribution in [3.63, 3.8) is 0 Å². The van der Waals surface area contributed by atoms with Crippen LogP contribution in [-0.2, 0) is 17.7 Å². The summed E-state index contributed by atoms with van der Waals surface area (Å²) in [6.45, 7) is 12.9. The van der Waals surface area contributed by atoms with Crippen molar-refractivity contribution < 1.29 is 17.7 Å². The molecule has 0 saturated carbocycles. The Morgan fingerprint density at radius 2 is 1.20 bits per heavy atom. The first-order valence-corrected chi connectivity index (χ1v) is 9.09. The molecule has 0 atom stereocenters. The maximum absolute atomic E-state index is 5.22. The van der Waals surface area contributed by atoms with E-state index in [1.165, 1.54) is 0 Å². The van der Waals surface area contributed by atoms with Crippen LogP contribution in [0, 0.1) is 0 Å². The molecule has 0 aromatic rings. The first-order chi connectivity index (χ1) is 7.26. The van der Waals surface area contributed by atoms with Gasteiger partial charge in [-0.3, -0.25) is 0 Å². The van der Waals surface area contributed by atoms with Crippen molar-refractivity contribution in [1.29, 1.82) is 0 Å². The Bertz CT molecular complexity index is 89.8. The van der Waals surface area contributed by atoms with Gasteiger partial charge in [0.15, 0.2) is 9.76 Å². The summed E-state index contributed by atoms with van der Waals surface area (Å²) in [7, 11) is -1.82.